The van der Waals surface area contributed by atoms with E-state index >= 15 is 0 Å². The van der Waals surface area contributed by atoms with Crippen LogP contribution in [0.15, 0.2) is 0 Å². The number of fused-ring (bicyclic) bond motifs is 7. The molecule has 4 saturated heterocycles. The summed E-state index contributed by atoms with van der Waals surface area (Å²) in [6, 6.07) is 0. The highest BCUT2D eigenvalue weighted by molar-refractivity contribution is 7.80. The minimum Gasteiger partial charge on any atom is -0.481 e. The summed E-state index contributed by atoms with van der Waals surface area (Å²) in [6.07, 6.45) is 10.6. The number of ether oxygens (including phenoxy) is 3. The Kier molecular flexibility index (Phi) is 9.34. The normalized spacial score (nSPS) is 54.0. The Hall–Kier alpha value is -0.860. The number of carboxylic acids is 1. The van der Waals surface area contributed by atoms with Crippen molar-refractivity contribution in [1.82, 2.24) is 0 Å². The van der Waals surface area contributed by atoms with Gasteiger partial charge < -0.3 is 19.3 Å². The second kappa shape index (κ2) is 12.8. The maximum absolute atomic E-state index is 12.4. The summed E-state index contributed by atoms with van der Waals surface area (Å²) in [6.45, 7) is 13.2. The highest BCUT2D eigenvalue weighted by atomic mass is 32.3. The molecule has 12 heteroatoms. The van der Waals surface area contributed by atoms with E-state index in [2.05, 4.69) is 34.6 Å². The lowest BCUT2D eigenvalue weighted by Gasteiger charge is -2.63. The largest absolute Gasteiger partial charge is 0.481 e. The monoisotopic (exact) mass is 738 g/mol. The van der Waals surface area contributed by atoms with E-state index in [1.807, 2.05) is 6.92 Å². The van der Waals surface area contributed by atoms with Gasteiger partial charge in [0.2, 0.25) is 5.79 Å². The van der Waals surface area contributed by atoms with Gasteiger partial charge in [-0.25, -0.2) is 14.0 Å². The van der Waals surface area contributed by atoms with Crippen molar-refractivity contribution >= 4 is 16.4 Å². The molecule has 9 aliphatic rings. The molecule has 4 heterocycles. The molecule has 0 aromatic heterocycles. The highest BCUT2D eigenvalue weighted by Gasteiger charge is 2.70. The molecule has 2 N–H and O–H groups in total. The van der Waals surface area contributed by atoms with E-state index in [9.17, 15) is 22.9 Å². The second-order valence-corrected chi connectivity index (χ2v) is 20.2. The van der Waals surface area contributed by atoms with Crippen LogP contribution < -0.4 is 0 Å². The van der Waals surface area contributed by atoms with Gasteiger partial charge in [0.15, 0.2) is 18.2 Å². The standard InChI is InChI=1S/C39H62O11S/c1-21(8-14-33(40)41)27-12-13-30-26-10-9-24-19-25(15-17-36(24,4)31(26)20-32(38(27,30)6)48-51(42,43)44)45-34-23(3)29-11-7-22(2)28-16-18-37(5)47-35(46-34)39(28,29)50-49-37/h21-32,34-35H,7-20H2,1-6H3,(H,40,41)(H,42,43,44)/t21-,22-,23-,24?,25-,26?,27-,28?,29?,30?,31?,32?,34?,35?,36+,37+,38-,39-/m1/s1. The van der Waals surface area contributed by atoms with Gasteiger partial charge in [-0.1, -0.05) is 34.6 Å². The summed E-state index contributed by atoms with van der Waals surface area (Å²) in [5.41, 5.74) is -1.07. The van der Waals surface area contributed by atoms with Crippen LogP contribution in [0.5, 0.6) is 0 Å². The topological polar surface area (TPSA) is 147 Å². The van der Waals surface area contributed by atoms with Gasteiger partial charge in [-0.2, -0.15) is 8.42 Å². The first kappa shape index (κ1) is 37.1. The fourth-order valence-corrected chi connectivity index (χ4v) is 14.9. The van der Waals surface area contributed by atoms with Crippen LogP contribution in [-0.4, -0.2) is 60.2 Å². The lowest BCUT2D eigenvalue weighted by Crippen LogP contribution is -2.70. The number of carbonyl (C=O) groups is 1. The van der Waals surface area contributed by atoms with Crippen molar-refractivity contribution in [2.45, 2.75) is 168 Å². The molecule has 9 rings (SSSR count). The van der Waals surface area contributed by atoms with Crippen molar-refractivity contribution in [2.24, 2.45) is 70.0 Å². The summed E-state index contributed by atoms with van der Waals surface area (Å²) >= 11 is 0. The van der Waals surface area contributed by atoms with Gasteiger partial charge in [-0.3, -0.25) is 9.35 Å². The molecule has 11 nitrogen and oxygen atoms in total. The van der Waals surface area contributed by atoms with Crippen molar-refractivity contribution in [3.8, 4) is 0 Å². The predicted octanol–water partition coefficient (Wildman–Crippen LogP) is 7.54. The predicted molar refractivity (Wildman–Crippen MR) is 185 cm³/mol. The Labute approximate surface area is 304 Å². The molecule has 9 fully saturated rings. The third kappa shape index (κ3) is 5.89. The van der Waals surface area contributed by atoms with E-state index in [-0.39, 0.29) is 53.4 Å². The molecule has 18 atom stereocenters. The second-order valence-electron chi connectivity index (χ2n) is 19.2. The maximum atomic E-state index is 12.4. The van der Waals surface area contributed by atoms with E-state index in [4.69, 9.17) is 28.2 Å². The lowest BCUT2D eigenvalue weighted by atomic mass is 9.43. The quantitative estimate of drug-likeness (QED) is 0.145. The van der Waals surface area contributed by atoms with Gasteiger partial charge in [0.1, 0.15) is 0 Å². The molecule has 0 aromatic carbocycles. The summed E-state index contributed by atoms with van der Waals surface area (Å²) in [5, 5.41) is 9.39. The molecule has 4 aliphatic heterocycles. The van der Waals surface area contributed by atoms with Crippen molar-refractivity contribution in [3.63, 3.8) is 0 Å². The zero-order valence-corrected chi connectivity index (χ0v) is 32.3. The van der Waals surface area contributed by atoms with Gasteiger partial charge in [0.25, 0.3) is 0 Å². The van der Waals surface area contributed by atoms with Crippen LogP contribution in [0.2, 0.25) is 0 Å². The maximum Gasteiger partial charge on any atom is 0.397 e. The fourth-order valence-electron chi connectivity index (χ4n) is 14.3. The Morgan fingerprint density at radius 1 is 0.902 bits per heavy atom. The van der Waals surface area contributed by atoms with E-state index in [0.717, 1.165) is 70.6 Å². The van der Waals surface area contributed by atoms with Gasteiger partial charge >= 0.3 is 16.4 Å². The molecule has 0 radical (unpaired) electrons. The summed E-state index contributed by atoms with van der Waals surface area (Å²) in [5.74, 6) is 1.17. The minimum absolute atomic E-state index is 0.00289. The molecule has 5 aliphatic carbocycles. The number of aliphatic carboxylic acids is 1. The highest BCUT2D eigenvalue weighted by Crippen LogP contribution is 2.69. The summed E-state index contributed by atoms with van der Waals surface area (Å²) < 4.78 is 60.8. The van der Waals surface area contributed by atoms with Crippen LogP contribution in [0.25, 0.3) is 0 Å². The zero-order chi connectivity index (χ0) is 36.3. The third-order valence-electron chi connectivity index (χ3n) is 16.9. The van der Waals surface area contributed by atoms with Crippen LogP contribution in [0, 0.1) is 70.0 Å². The average molecular weight is 739 g/mol. The van der Waals surface area contributed by atoms with E-state index in [0.29, 0.717) is 36.5 Å². The van der Waals surface area contributed by atoms with Crippen LogP contribution in [-0.2, 0) is 43.4 Å². The van der Waals surface area contributed by atoms with Gasteiger partial charge in [0, 0.05) is 30.1 Å². The molecule has 9 unspecified atom stereocenters. The SMILES string of the molecule is C[C@H]1C(O[C@@H]2CC[C@@]3(C)C(CCC4C3CC(OS(=O)(=O)O)[C@@]3(C)C4CC[C@@H]3[C@H](C)CCC(=O)O)C2)OC2O[C@]3(C)CCC4[C@H](C)CCC1[C@@]24OO3. The lowest BCUT2D eigenvalue weighted by molar-refractivity contribution is -0.578. The molecular formula is C39H62O11S. The van der Waals surface area contributed by atoms with Crippen molar-refractivity contribution < 1.29 is 51.0 Å². The molecule has 1 spiro atoms. The fraction of sp³-hybridized carbons (Fsp3) is 0.974. The van der Waals surface area contributed by atoms with E-state index in [1.54, 1.807) is 0 Å². The first-order valence-corrected chi connectivity index (χ1v) is 21.6. The van der Waals surface area contributed by atoms with Crippen molar-refractivity contribution in [1.29, 1.82) is 0 Å². The number of hydrogen-bond acceptors (Lipinski definition) is 9. The first-order valence-electron chi connectivity index (χ1n) is 20.2. The summed E-state index contributed by atoms with van der Waals surface area (Å²) in [7, 11) is -4.68. The Bertz CT molecular complexity index is 1460. The third-order valence-corrected chi connectivity index (χ3v) is 17.4. The molecular weight excluding hydrogens is 676 g/mol. The Morgan fingerprint density at radius 2 is 1.67 bits per heavy atom. The van der Waals surface area contributed by atoms with E-state index < -0.39 is 51.9 Å². The molecule has 5 saturated carbocycles. The zero-order valence-electron chi connectivity index (χ0n) is 31.5. The molecule has 0 amide bonds. The molecule has 51 heavy (non-hydrogen) atoms. The summed E-state index contributed by atoms with van der Waals surface area (Å²) in [4.78, 5) is 23.8. The van der Waals surface area contributed by atoms with Crippen LogP contribution in [0.4, 0.5) is 0 Å². The smallest absolute Gasteiger partial charge is 0.397 e. The molecule has 290 valence electrons. The van der Waals surface area contributed by atoms with Crippen molar-refractivity contribution in [3.05, 3.63) is 0 Å². The van der Waals surface area contributed by atoms with Gasteiger partial charge in [-0.15, -0.1) is 0 Å². The average Bonchev–Trinajstić information content (AvgIpc) is 3.27. The molecule has 0 aromatic rings. The number of hydrogen-bond donors (Lipinski definition) is 2. The first-order chi connectivity index (χ1) is 24.0. The van der Waals surface area contributed by atoms with E-state index in [1.165, 1.54) is 0 Å². The van der Waals surface area contributed by atoms with Gasteiger partial charge in [-0.05, 0) is 137 Å². The molecule has 2 bridgehead atoms. The number of carboxylic acid groups (broad SMARTS) is 1. The van der Waals surface area contributed by atoms with Crippen molar-refractivity contribution in [2.75, 3.05) is 0 Å². The Balaban J connectivity index is 0.993. The van der Waals surface area contributed by atoms with Crippen LogP contribution in [0.3, 0.4) is 0 Å². The van der Waals surface area contributed by atoms with Crippen LogP contribution in [0.1, 0.15) is 131 Å². The van der Waals surface area contributed by atoms with Gasteiger partial charge in [0.05, 0.1) is 12.2 Å². The Morgan fingerprint density at radius 3 is 2.41 bits per heavy atom. The van der Waals surface area contributed by atoms with Crippen LogP contribution >= 0.6 is 0 Å². The number of rotatable bonds is 8. The minimum atomic E-state index is -4.68.